The minimum atomic E-state index is -5.36. The average Bonchev–Trinajstić information content (AvgIpc) is 0.722. The zero-order valence-corrected chi connectivity index (χ0v) is 5.40. The van der Waals surface area contributed by atoms with E-state index in [1.807, 2.05) is 0 Å². The first kappa shape index (κ1) is 15.7. The van der Waals surface area contributed by atoms with Gasteiger partial charge in [0.05, 0.1) is 0 Å². The second kappa shape index (κ2) is 5.15. The van der Waals surface area contributed by atoms with Crippen LogP contribution in [0.2, 0.25) is 0 Å². The Morgan fingerprint density at radius 1 is 1.14 bits per heavy atom. The van der Waals surface area contributed by atoms with Gasteiger partial charge in [0.25, 0.3) is 0 Å². The van der Waals surface area contributed by atoms with Crippen molar-refractivity contribution in [3.05, 3.63) is 0 Å². The minimum absolute atomic E-state index is 0. The van der Waals surface area contributed by atoms with Gasteiger partial charge in [-0.25, -0.2) is 0 Å². The molecule has 0 atom stereocenters. The molecule has 0 aliphatic rings. The fraction of sp³-hybridized carbons (Fsp3) is 0. The Morgan fingerprint density at radius 3 is 1.14 bits per heavy atom. The monoisotopic (exact) mass is 132 g/mol. The third-order valence-corrected chi connectivity index (χ3v) is 0. The van der Waals surface area contributed by atoms with E-state index in [4.69, 9.17) is 19.2 Å². The Balaban J connectivity index is -0.0000000800. The first-order chi connectivity index (χ1) is 2.00. The Kier molecular flexibility index (Phi) is 11.5. The molecule has 0 heterocycles. The van der Waals surface area contributed by atoms with Crippen molar-refractivity contribution in [3.63, 3.8) is 0 Å². The van der Waals surface area contributed by atoms with E-state index in [2.05, 4.69) is 0 Å². The van der Waals surface area contributed by atoms with E-state index in [1.54, 1.807) is 0 Å². The molecule has 7 heteroatoms. The van der Waals surface area contributed by atoms with Crippen molar-refractivity contribution in [2.75, 3.05) is 0 Å². The van der Waals surface area contributed by atoms with E-state index in [0.29, 0.717) is 0 Å². The van der Waals surface area contributed by atoms with Crippen molar-refractivity contribution in [2.24, 2.45) is 0 Å². The van der Waals surface area contributed by atoms with Crippen molar-refractivity contribution in [1.82, 2.24) is 0 Å². The molecule has 4 nitrogen and oxygen atoms in total. The summed E-state index contributed by atoms with van der Waals surface area (Å²) in [6.45, 7) is 0. The molecule has 0 aromatic carbocycles. The quantitative estimate of drug-likeness (QED) is 0.331. The molecule has 36 valence electrons. The van der Waals surface area contributed by atoms with E-state index < -0.39 is 9.05 Å². The zero-order valence-electron chi connectivity index (χ0n) is 3.58. The molecule has 0 fully saturated rings. The Bertz CT molecular complexity index is 27.2. The molecular weight excluding hydrogens is 131 g/mol. The van der Waals surface area contributed by atoms with Gasteiger partial charge in [0.2, 0.25) is 0 Å². The normalized spacial score (nSPS) is 8.57. The van der Waals surface area contributed by atoms with E-state index >= 15 is 0 Å². The summed E-state index contributed by atoms with van der Waals surface area (Å²) in [7, 11) is -5.36. The summed E-state index contributed by atoms with van der Waals surface area (Å²) in [5, 5.41) is 0. The second-order valence-corrected chi connectivity index (χ2v) is 1.57. The zero-order chi connectivity index (χ0) is 4.50. The van der Waals surface area contributed by atoms with Crippen molar-refractivity contribution in [3.8, 4) is 0 Å². The van der Waals surface area contributed by atoms with Crippen molar-refractivity contribution in [1.29, 1.82) is 0 Å². The molecule has 0 bridgehead atoms. The molecule has 0 amide bonds. The Morgan fingerprint density at radius 2 is 1.14 bits per heavy atom. The summed E-state index contributed by atoms with van der Waals surface area (Å²) in [6, 6.07) is 0. The average molecular weight is 132 g/mol. The molecule has 0 aromatic heterocycles. The van der Waals surface area contributed by atoms with Gasteiger partial charge in [-0.15, -0.1) is 9.05 Å². The fourth-order valence-corrected chi connectivity index (χ4v) is 0. The van der Waals surface area contributed by atoms with Crippen LogP contribution in [0.5, 0.6) is 0 Å². The van der Waals surface area contributed by atoms with Crippen LogP contribution >= 0.6 is 0 Å². The molecule has 0 aromatic rings. The van der Waals surface area contributed by atoms with Gasteiger partial charge < -0.3 is 19.2 Å². The standard InChI is InChI=1S/Li.HO4Si.S/c;1-5(2,3)4;/h;1H;/q+1;-3;+2. The Hall–Kier alpha value is 1.00. The maximum Gasteiger partial charge on any atom is 2.00 e. The minimum Gasteiger partial charge on any atom is -0.861 e. The van der Waals surface area contributed by atoms with Crippen LogP contribution < -0.4 is 33.2 Å². The summed E-state index contributed by atoms with van der Waals surface area (Å²) in [5.74, 6) is 0. The van der Waals surface area contributed by atoms with E-state index in [1.165, 1.54) is 0 Å². The van der Waals surface area contributed by atoms with Gasteiger partial charge in [-0.3, -0.25) is 0 Å². The van der Waals surface area contributed by atoms with Gasteiger partial charge >= 0.3 is 32.4 Å². The topological polar surface area (TPSA) is 89.4 Å². The number of hydrogen-bond donors (Lipinski definition) is 1. The largest absolute Gasteiger partial charge is 2.00 e. The van der Waals surface area contributed by atoms with Gasteiger partial charge in [0.1, 0.15) is 0 Å². The SMILES string of the molecule is [Li+].[O-][Si]([O-])([O-])O.[S+2]. The van der Waals surface area contributed by atoms with Gasteiger partial charge in [-0.2, -0.15) is 0 Å². The van der Waals surface area contributed by atoms with Gasteiger partial charge in [0.15, 0.2) is 0 Å². The third-order valence-electron chi connectivity index (χ3n) is 0. The fourth-order valence-electron chi connectivity index (χ4n) is 0. The maximum atomic E-state index is 8.69. The number of hydrogen-bond acceptors (Lipinski definition) is 4. The van der Waals surface area contributed by atoms with Crippen LogP contribution in [0, 0.1) is 0 Å². The van der Waals surface area contributed by atoms with E-state index in [-0.39, 0.29) is 32.4 Å². The molecule has 0 saturated heterocycles. The molecule has 0 unspecified atom stereocenters. The van der Waals surface area contributed by atoms with Crippen LogP contribution in [-0.2, 0) is 13.5 Å². The van der Waals surface area contributed by atoms with Crippen LogP contribution in [0.25, 0.3) is 0 Å². The number of rotatable bonds is 0. The smallest absolute Gasteiger partial charge is 0.861 e. The molecular formula is HLiO4SSi. The van der Waals surface area contributed by atoms with Gasteiger partial charge in [0, 0.05) is 0 Å². The van der Waals surface area contributed by atoms with Crippen molar-refractivity contribution in [2.45, 2.75) is 0 Å². The molecule has 0 rings (SSSR count). The summed E-state index contributed by atoms with van der Waals surface area (Å²) in [5.41, 5.74) is 0. The molecule has 4 radical (unpaired) electrons. The van der Waals surface area contributed by atoms with E-state index in [9.17, 15) is 0 Å². The van der Waals surface area contributed by atoms with Crippen molar-refractivity contribution >= 4 is 22.5 Å². The van der Waals surface area contributed by atoms with Crippen LogP contribution in [-0.4, -0.2) is 13.8 Å². The summed E-state index contributed by atoms with van der Waals surface area (Å²) in [4.78, 5) is 33.1. The molecule has 1 N–H and O–H groups in total. The van der Waals surface area contributed by atoms with E-state index in [0.717, 1.165) is 0 Å². The first-order valence-corrected chi connectivity index (χ1v) is 2.51. The Labute approximate surface area is 60.9 Å². The van der Waals surface area contributed by atoms with Crippen LogP contribution in [0.15, 0.2) is 0 Å². The van der Waals surface area contributed by atoms with Gasteiger partial charge in [-0.05, 0) is 0 Å². The van der Waals surface area contributed by atoms with Crippen molar-refractivity contribution < 1.29 is 38.0 Å². The summed E-state index contributed by atoms with van der Waals surface area (Å²) in [6.07, 6.45) is 0. The second-order valence-electron chi connectivity index (χ2n) is 0.524. The molecule has 0 saturated carbocycles. The molecule has 7 heavy (non-hydrogen) atoms. The first-order valence-electron chi connectivity index (χ1n) is 0.836. The predicted molar refractivity (Wildman–Crippen MR) is 15.3 cm³/mol. The van der Waals surface area contributed by atoms with Crippen LogP contribution in [0.3, 0.4) is 0 Å². The summed E-state index contributed by atoms with van der Waals surface area (Å²) < 4.78 is 0. The van der Waals surface area contributed by atoms with Gasteiger partial charge in [-0.1, -0.05) is 0 Å². The molecule has 0 spiro atoms. The third kappa shape index (κ3) is 174. The molecule has 0 aliphatic heterocycles. The van der Waals surface area contributed by atoms with Crippen LogP contribution in [0.4, 0.5) is 0 Å². The maximum absolute atomic E-state index is 8.69. The summed E-state index contributed by atoms with van der Waals surface area (Å²) >= 11 is 0. The predicted octanol–water partition coefficient (Wildman–Crippen LogP) is -7.50. The molecule has 0 aliphatic carbocycles. The van der Waals surface area contributed by atoms with Crippen LogP contribution in [0.1, 0.15) is 0 Å².